The van der Waals surface area contributed by atoms with E-state index in [1.165, 1.54) is 4.31 Å². The summed E-state index contributed by atoms with van der Waals surface area (Å²) in [6.45, 7) is 1.58. The summed E-state index contributed by atoms with van der Waals surface area (Å²) in [7, 11) is -3.85. The lowest BCUT2D eigenvalue weighted by molar-refractivity contribution is -0.120. The van der Waals surface area contributed by atoms with Crippen molar-refractivity contribution in [2.45, 2.75) is 17.9 Å². The van der Waals surface area contributed by atoms with Gasteiger partial charge in [-0.3, -0.25) is 9.10 Å². The Morgan fingerprint density at radius 1 is 1.00 bits per heavy atom. The summed E-state index contributed by atoms with van der Waals surface area (Å²) < 4.78 is 28.6. The molecular weight excluding hydrogens is 452 g/mol. The van der Waals surface area contributed by atoms with Crippen molar-refractivity contribution >= 4 is 37.5 Å². The summed E-state index contributed by atoms with van der Waals surface area (Å²) in [6.07, 6.45) is 0. The molecule has 0 aromatic heterocycles. The molecule has 0 spiro atoms. The fraction of sp³-hybridized carbons (Fsp3) is 0.136. The van der Waals surface area contributed by atoms with Crippen molar-refractivity contribution in [1.29, 1.82) is 0 Å². The molecule has 3 aromatic rings. The minimum Gasteiger partial charge on any atom is -0.348 e. The zero-order chi connectivity index (χ0) is 20.6. The number of amides is 1. The molecule has 4 rings (SSSR count). The fourth-order valence-corrected chi connectivity index (χ4v) is 5.53. The van der Waals surface area contributed by atoms with Gasteiger partial charge in [0.15, 0.2) is 0 Å². The lowest BCUT2D eigenvalue weighted by Crippen LogP contribution is -2.43. The molecule has 0 saturated carbocycles. The SMILES string of the molecule is C[C@H](NC(=O)CN1c2ccc(Br)cc2-c2ccccc2S1(=O)=O)c1ccccc1. The molecule has 0 fully saturated rings. The molecule has 7 heteroatoms. The molecule has 0 saturated heterocycles. The van der Waals surface area contributed by atoms with Crippen LogP contribution in [0, 0.1) is 0 Å². The molecule has 148 valence electrons. The minimum atomic E-state index is -3.85. The first kappa shape index (κ1) is 19.7. The number of fused-ring (bicyclic) bond motifs is 3. The van der Waals surface area contributed by atoms with Crippen molar-refractivity contribution in [3.8, 4) is 11.1 Å². The molecular formula is C22H19BrN2O3S. The lowest BCUT2D eigenvalue weighted by atomic mass is 10.0. The van der Waals surface area contributed by atoms with E-state index in [0.29, 0.717) is 11.3 Å². The van der Waals surface area contributed by atoms with E-state index in [2.05, 4.69) is 21.2 Å². The Labute approximate surface area is 178 Å². The first-order valence-corrected chi connectivity index (χ1v) is 11.4. The van der Waals surface area contributed by atoms with Gasteiger partial charge in [0.2, 0.25) is 5.91 Å². The van der Waals surface area contributed by atoms with Crippen molar-refractivity contribution in [3.63, 3.8) is 0 Å². The summed E-state index contributed by atoms with van der Waals surface area (Å²) >= 11 is 3.45. The number of sulfonamides is 1. The van der Waals surface area contributed by atoms with Crippen LogP contribution in [0.25, 0.3) is 11.1 Å². The predicted molar refractivity (Wildman–Crippen MR) is 117 cm³/mol. The van der Waals surface area contributed by atoms with E-state index in [4.69, 9.17) is 0 Å². The Bertz CT molecular complexity index is 1180. The lowest BCUT2D eigenvalue weighted by Gasteiger charge is -2.32. The molecule has 29 heavy (non-hydrogen) atoms. The Morgan fingerprint density at radius 3 is 2.45 bits per heavy atom. The van der Waals surface area contributed by atoms with E-state index in [9.17, 15) is 13.2 Å². The van der Waals surface area contributed by atoms with Crippen LogP contribution >= 0.6 is 15.9 Å². The summed E-state index contributed by atoms with van der Waals surface area (Å²) in [5.74, 6) is -0.363. The maximum Gasteiger partial charge on any atom is 0.265 e. The molecule has 1 amide bonds. The Hall–Kier alpha value is -2.64. The zero-order valence-electron chi connectivity index (χ0n) is 15.7. The molecule has 1 aliphatic heterocycles. The zero-order valence-corrected chi connectivity index (χ0v) is 18.1. The van der Waals surface area contributed by atoms with E-state index in [1.54, 1.807) is 30.3 Å². The van der Waals surface area contributed by atoms with Gasteiger partial charge in [-0.15, -0.1) is 0 Å². The molecule has 1 N–H and O–H groups in total. The van der Waals surface area contributed by atoms with Crippen molar-refractivity contribution in [2.75, 3.05) is 10.8 Å². The smallest absolute Gasteiger partial charge is 0.265 e. The van der Waals surface area contributed by atoms with Gasteiger partial charge in [0.05, 0.1) is 16.6 Å². The highest BCUT2D eigenvalue weighted by atomic mass is 79.9. The van der Waals surface area contributed by atoms with E-state index in [-0.39, 0.29) is 23.4 Å². The quantitative estimate of drug-likeness (QED) is 0.610. The van der Waals surface area contributed by atoms with Crippen LogP contribution in [0.5, 0.6) is 0 Å². The third-order valence-electron chi connectivity index (χ3n) is 4.94. The van der Waals surface area contributed by atoms with E-state index in [0.717, 1.165) is 15.6 Å². The number of benzene rings is 3. The van der Waals surface area contributed by atoms with Crippen LogP contribution < -0.4 is 9.62 Å². The Kier molecular flexibility index (Phi) is 5.19. The molecule has 0 radical (unpaired) electrons. The number of rotatable bonds is 4. The standard InChI is InChI=1S/C22H19BrN2O3S/c1-15(16-7-3-2-4-8-16)24-22(26)14-25-20-12-11-17(23)13-19(20)18-9-5-6-10-21(18)29(25,27)28/h2-13,15H,14H2,1H3,(H,24,26)/t15-/m0/s1. The van der Waals surface area contributed by atoms with Gasteiger partial charge >= 0.3 is 0 Å². The second kappa shape index (κ2) is 7.65. The van der Waals surface area contributed by atoms with Crippen LogP contribution in [0.1, 0.15) is 18.5 Å². The second-order valence-corrected chi connectivity index (χ2v) is 9.62. The molecule has 0 bridgehead atoms. The topological polar surface area (TPSA) is 66.5 Å². The van der Waals surface area contributed by atoms with Gasteiger partial charge < -0.3 is 5.32 Å². The van der Waals surface area contributed by atoms with Gasteiger partial charge in [-0.1, -0.05) is 64.5 Å². The maximum absolute atomic E-state index is 13.3. The summed E-state index contributed by atoms with van der Waals surface area (Å²) in [4.78, 5) is 12.9. The van der Waals surface area contributed by atoms with Gasteiger partial charge in [-0.25, -0.2) is 8.42 Å². The molecule has 1 atom stereocenters. The van der Waals surface area contributed by atoms with Crippen LogP contribution in [0.4, 0.5) is 5.69 Å². The second-order valence-electron chi connectivity index (χ2n) is 6.87. The Morgan fingerprint density at radius 2 is 1.69 bits per heavy atom. The third-order valence-corrected chi connectivity index (χ3v) is 7.25. The molecule has 1 heterocycles. The van der Waals surface area contributed by atoms with E-state index in [1.807, 2.05) is 49.4 Å². The number of carbonyl (C=O) groups excluding carboxylic acids is 1. The van der Waals surface area contributed by atoms with Crippen LogP contribution in [-0.4, -0.2) is 20.9 Å². The average molecular weight is 471 g/mol. The molecule has 5 nitrogen and oxygen atoms in total. The van der Waals surface area contributed by atoms with Crippen molar-refractivity contribution < 1.29 is 13.2 Å². The molecule has 1 aliphatic rings. The van der Waals surface area contributed by atoms with Gasteiger partial charge in [0.1, 0.15) is 6.54 Å². The van der Waals surface area contributed by atoms with Gasteiger partial charge in [-0.2, -0.15) is 0 Å². The van der Waals surface area contributed by atoms with Gasteiger partial charge in [0.25, 0.3) is 10.0 Å². The van der Waals surface area contributed by atoms with Crippen LogP contribution in [0.3, 0.4) is 0 Å². The largest absolute Gasteiger partial charge is 0.348 e. The van der Waals surface area contributed by atoms with Crippen LogP contribution in [0.15, 0.2) is 82.2 Å². The summed E-state index contributed by atoms with van der Waals surface area (Å²) in [6, 6.07) is 21.6. The van der Waals surface area contributed by atoms with Crippen LogP contribution in [0.2, 0.25) is 0 Å². The third kappa shape index (κ3) is 3.68. The summed E-state index contributed by atoms with van der Waals surface area (Å²) in [5, 5.41) is 2.89. The monoisotopic (exact) mass is 470 g/mol. The highest BCUT2D eigenvalue weighted by Crippen LogP contribution is 2.43. The Balaban J connectivity index is 1.68. The highest BCUT2D eigenvalue weighted by Gasteiger charge is 2.36. The number of hydrogen-bond acceptors (Lipinski definition) is 3. The van der Waals surface area contributed by atoms with E-state index < -0.39 is 10.0 Å². The number of nitrogens with one attached hydrogen (secondary N) is 1. The number of carbonyl (C=O) groups is 1. The summed E-state index contributed by atoms with van der Waals surface area (Å²) in [5.41, 5.74) is 2.86. The minimum absolute atomic E-state index is 0.203. The fourth-order valence-electron chi connectivity index (χ4n) is 3.52. The number of anilines is 1. The number of hydrogen-bond donors (Lipinski definition) is 1. The normalized spacial score (nSPS) is 15.2. The maximum atomic E-state index is 13.3. The molecule has 0 unspecified atom stereocenters. The first-order valence-electron chi connectivity index (χ1n) is 9.14. The first-order chi connectivity index (χ1) is 13.9. The molecule has 3 aromatic carbocycles. The van der Waals surface area contributed by atoms with Crippen molar-refractivity contribution in [3.05, 3.63) is 82.8 Å². The van der Waals surface area contributed by atoms with Gasteiger partial charge in [-0.05, 0) is 36.8 Å². The molecule has 0 aliphatic carbocycles. The van der Waals surface area contributed by atoms with Crippen molar-refractivity contribution in [1.82, 2.24) is 5.32 Å². The van der Waals surface area contributed by atoms with Gasteiger partial charge in [0, 0.05) is 15.6 Å². The number of nitrogens with zero attached hydrogens (tertiary/aromatic N) is 1. The highest BCUT2D eigenvalue weighted by molar-refractivity contribution is 9.10. The van der Waals surface area contributed by atoms with Crippen molar-refractivity contribution in [2.24, 2.45) is 0 Å². The van der Waals surface area contributed by atoms with E-state index >= 15 is 0 Å². The average Bonchev–Trinajstić information content (AvgIpc) is 2.72. The number of halogens is 1. The predicted octanol–water partition coefficient (Wildman–Crippen LogP) is 4.50. The van der Waals surface area contributed by atoms with Crippen LogP contribution in [-0.2, 0) is 14.8 Å².